The van der Waals surface area contributed by atoms with E-state index in [2.05, 4.69) is 15.9 Å². The van der Waals surface area contributed by atoms with Crippen molar-refractivity contribution >= 4 is 15.9 Å². The number of halogens is 3. The highest BCUT2D eigenvalue weighted by Gasteiger charge is 2.10. The second kappa shape index (κ2) is 5.15. The molecule has 0 heterocycles. The monoisotopic (exact) mass is 309 g/mol. The van der Waals surface area contributed by atoms with Crippen LogP contribution in [0.2, 0.25) is 0 Å². The van der Waals surface area contributed by atoms with Crippen molar-refractivity contribution in [2.24, 2.45) is 0 Å². The summed E-state index contributed by atoms with van der Waals surface area (Å²) in [6.07, 6.45) is 0. The van der Waals surface area contributed by atoms with E-state index in [1.165, 1.54) is 30.3 Å². The van der Waals surface area contributed by atoms with Gasteiger partial charge >= 0.3 is 0 Å². The third-order valence-electron chi connectivity index (χ3n) is 2.17. The van der Waals surface area contributed by atoms with E-state index in [1.54, 1.807) is 6.07 Å². The van der Waals surface area contributed by atoms with E-state index in [4.69, 9.17) is 10.00 Å². The summed E-state index contributed by atoms with van der Waals surface area (Å²) in [5.74, 6) is -1.53. The Hall–Kier alpha value is -1.93. The van der Waals surface area contributed by atoms with Gasteiger partial charge in [0.15, 0.2) is 23.1 Å². The Labute approximate surface area is 111 Å². The number of ether oxygens (including phenoxy) is 1. The second-order valence-electron chi connectivity index (χ2n) is 3.43. The standard InChI is InChI=1S/C13H6BrF2NO/c14-9-2-3-10(15)13(6-9)18-12-4-1-8(7-17)5-11(12)16/h1-6H. The van der Waals surface area contributed by atoms with Crippen molar-refractivity contribution in [2.75, 3.05) is 0 Å². The average Bonchev–Trinajstić information content (AvgIpc) is 2.36. The van der Waals surface area contributed by atoms with Crippen LogP contribution < -0.4 is 4.74 Å². The minimum absolute atomic E-state index is 0.0898. The van der Waals surface area contributed by atoms with Crippen molar-refractivity contribution < 1.29 is 13.5 Å². The molecular formula is C13H6BrF2NO. The Morgan fingerprint density at radius 3 is 2.44 bits per heavy atom. The molecule has 0 atom stereocenters. The van der Waals surface area contributed by atoms with Crippen LogP contribution in [0.4, 0.5) is 8.78 Å². The zero-order valence-corrected chi connectivity index (χ0v) is 10.5. The molecule has 2 nitrogen and oxygen atoms in total. The Bertz CT molecular complexity index is 637. The summed E-state index contributed by atoms with van der Waals surface area (Å²) < 4.78 is 32.7. The first kappa shape index (κ1) is 12.5. The van der Waals surface area contributed by atoms with Gasteiger partial charge in [-0.25, -0.2) is 8.78 Å². The average molecular weight is 310 g/mol. The van der Waals surface area contributed by atoms with Gasteiger partial charge in [-0.3, -0.25) is 0 Å². The van der Waals surface area contributed by atoms with Gasteiger partial charge in [-0.05, 0) is 36.4 Å². The van der Waals surface area contributed by atoms with Crippen molar-refractivity contribution in [3.8, 4) is 17.6 Å². The van der Waals surface area contributed by atoms with E-state index in [0.29, 0.717) is 4.47 Å². The molecule has 0 spiro atoms. The number of hydrogen-bond acceptors (Lipinski definition) is 2. The molecule has 18 heavy (non-hydrogen) atoms. The van der Waals surface area contributed by atoms with E-state index in [1.807, 2.05) is 0 Å². The Balaban J connectivity index is 2.34. The molecule has 2 aromatic carbocycles. The van der Waals surface area contributed by atoms with Gasteiger partial charge in [0, 0.05) is 4.47 Å². The van der Waals surface area contributed by atoms with Gasteiger partial charge in [0.05, 0.1) is 11.6 Å². The summed E-state index contributed by atoms with van der Waals surface area (Å²) in [5, 5.41) is 8.60. The number of nitrogens with zero attached hydrogens (tertiary/aromatic N) is 1. The topological polar surface area (TPSA) is 33.0 Å². The van der Waals surface area contributed by atoms with Crippen LogP contribution in [0.5, 0.6) is 11.5 Å². The molecule has 0 amide bonds. The maximum Gasteiger partial charge on any atom is 0.167 e. The molecule has 0 aliphatic carbocycles. The third-order valence-corrected chi connectivity index (χ3v) is 2.67. The van der Waals surface area contributed by atoms with Crippen LogP contribution in [0.15, 0.2) is 40.9 Å². The van der Waals surface area contributed by atoms with E-state index >= 15 is 0 Å². The van der Waals surface area contributed by atoms with Crippen molar-refractivity contribution in [1.82, 2.24) is 0 Å². The maximum atomic E-state index is 13.5. The molecule has 0 saturated heterocycles. The van der Waals surface area contributed by atoms with Crippen molar-refractivity contribution in [3.05, 3.63) is 58.1 Å². The lowest BCUT2D eigenvalue weighted by atomic mass is 10.2. The molecule has 0 saturated carbocycles. The molecule has 0 aliphatic rings. The van der Waals surface area contributed by atoms with Gasteiger partial charge in [-0.15, -0.1) is 0 Å². The number of hydrogen-bond donors (Lipinski definition) is 0. The molecule has 90 valence electrons. The van der Waals surface area contributed by atoms with Gasteiger partial charge < -0.3 is 4.74 Å². The van der Waals surface area contributed by atoms with Crippen LogP contribution in [-0.2, 0) is 0 Å². The van der Waals surface area contributed by atoms with Gasteiger partial charge in [-0.1, -0.05) is 15.9 Å². The van der Waals surface area contributed by atoms with E-state index in [0.717, 1.165) is 6.07 Å². The molecule has 2 aromatic rings. The largest absolute Gasteiger partial charge is 0.451 e. The minimum atomic E-state index is -0.714. The predicted molar refractivity (Wildman–Crippen MR) is 65.3 cm³/mol. The van der Waals surface area contributed by atoms with Crippen LogP contribution >= 0.6 is 15.9 Å². The molecule has 0 radical (unpaired) electrons. The van der Waals surface area contributed by atoms with Crippen molar-refractivity contribution in [2.45, 2.75) is 0 Å². The number of benzene rings is 2. The van der Waals surface area contributed by atoms with Crippen LogP contribution in [0, 0.1) is 23.0 Å². The maximum absolute atomic E-state index is 13.5. The molecule has 0 fully saturated rings. The highest BCUT2D eigenvalue weighted by atomic mass is 79.9. The van der Waals surface area contributed by atoms with Crippen LogP contribution in [0.3, 0.4) is 0 Å². The fourth-order valence-electron chi connectivity index (χ4n) is 1.33. The SMILES string of the molecule is N#Cc1ccc(Oc2cc(Br)ccc2F)c(F)c1. The molecule has 0 unspecified atom stereocenters. The predicted octanol–water partition coefficient (Wildman–Crippen LogP) is 4.39. The van der Waals surface area contributed by atoms with Crippen LogP contribution in [0.25, 0.3) is 0 Å². The van der Waals surface area contributed by atoms with Crippen LogP contribution in [-0.4, -0.2) is 0 Å². The first-order valence-corrected chi connectivity index (χ1v) is 5.72. The van der Waals surface area contributed by atoms with Crippen LogP contribution in [0.1, 0.15) is 5.56 Å². The molecule has 2 rings (SSSR count). The number of nitriles is 1. The molecule has 0 aromatic heterocycles. The summed E-state index contributed by atoms with van der Waals surface area (Å²) in [4.78, 5) is 0. The zero-order chi connectivity index (χ0) is 13.1. The summed E-state index contributed by atoms with van der Waals surface area (Å²) in [6.45, 7) is 0. The Morgan fingerprint density at radius 1 is 1.00 bits per heavy atom. The lowest BCUT2D eigenvalue weighted by Gasteiger charge is -2.08. The molecule has 0 bridgehead atoms. The molecule has 0 N–H and O–H groups in total. The minimum Gasteiger partial charge on any atom is -0.451 e. The van der Waals surface area contributed by atoms with E-state index < -0.39 is 11.6 Å². The fourth-order valence-corrected chi connectivity index (χ4v) is 1.67. The lowest BCUT2D eigenvalue weighted by Crippen LogP contribution is -1.92. The first-order valence-electron chi connectivity index (χ1n) is 4.92. The summed E-state index contributed by atoms with van der Waals surface area (Å²) in [6, 6.07) is 9.63. The van der Waals surface area contributed by atoms with E-state index in [-0.39, 0.29) is 17.1 Å². The lowest BCUT2D eigenvalue weighted by molar-refractivity contribution is 0.414. The molecule has 0 aliphatic heterocycles. The Kier molecular flexibility index (Phi) is 3.58. The second-order valence-corrected chi connectivity index (χ2v) is 4.35. The van der Waals surface area contributed by atoms with Crippen molar-refractivity contribution in [1.29, 1.82) is 5.26 Å². The summed E-state index contributed by atoms with van der Waals surface area (Å²) in [7, 11) is 0. The highest BCUT2D eigenvalue weighted by Crippen LogP contribution is 2.29. The normalized spacial score (nSPS) is 9.89. The molecule has 5 heteroatoms. The highest BCUT2D eigenvalue weighted by molar-refractivity contribution is 9.10. The first-order chi connectivity index (χ1) is 8.60. The van der Waals surface area contributed by atoms with Gasteiger partial charge in [0.2, 0.25) is 0 Å². The van der Waals surface area contributed by atoms with Gasteiger partial charge in [0.1, 0.15) is 0 Å². The third kappa shape index (κ3) is 2.66. The summed E-state index contributed by atoms with van der Waals surface area (Å²) in [5.41, 5.74) is 0.176. The van der Waals surface area contributed by atoms with Crippen molar-refractivity contribution in [3.63, 3.8) is 0 Å². The number of rotatable bonds is 2. The fraction of sp³-hybridized carbons (Fsp3) is 0. The molecular weight excluding hydrogens is 304 g/mol. The summed E-state index contributed by atoms with van der Waals surface area (Å²) >= 11 is 3.17. The van der Waals surface area contributed by atoms with Gasteiger partial charge in [0.25, 0.3) is 0 Å². The van der Waals surface area contributed by atoms with Gasteiger partial charge in [-0.2, -0.15) is 5.26 Å². The smallest absolute Gasteiger partial charge is 0.167 e. The Morgan fingerprint density at radius 2 is 1.78 bits per heavy atom. The zero-order valence-electron chi connectivity index (χ0n) is 8.95. The quantitative estimate of drug-likeness (QED) is 0.824. The van der Waals surface area contributed by atoms with E-state index in [9.17, 15) is 8.78 Å².